The second-order valence-electron chi connectivity index (χ2n) is 4.69. The molecule has 0 aliphatic heterocycles. The Balaban J connectivity index is 2.37. The summed E-state index contributed by atoms with van der Waals surface area (Å²) >= 11 is 1.48. The molecule has 1 rings (SSSR count). The van der Waals surface area contributed by atoms with Crippen LogP contribution in [0.5, 0.6) is 0 Å². The molecule has 0 saturated heterocycles. The van der Waals surface area contributed by atoms with Crippen molar-refractivity contribution in [2.24, 2.45) is 5.92 Å². The van der Waals surface area contributed by atoms with Gasteiger partial charge in [-0.15, -0.1) is 11.8 Å². The second-order valence-corrected chi connectivity index (χ2v) is 5.74. The van der Waals surface area contributed by atoms with Crippen LogP contribution in [0.25, 0.3) is 0 Å². The Kier molecular flexibility index (Phi) is 6.42. The van der Waals surface area contributed by atoms with E-state index >= 15 is 0 Å². The zero-order valence-corrected chi connectivity index (χ0v) is 12.3. The molecule has 0 radical (unpaired) electrons. The number of hydrogen-bond acceptors (Lipinski definition) is 3. The van der Waals surface area contributed by atoms with E-state index in [9.17, 15) is 9.59 Å². The van der Waals surface area contributed by atoms with Gasteiger partial charge in [-0.3, -0.25) is 9.59 Å². The van der Waals surface area contributed by atoms with Crippen LogP contribution in [-0.2, 0) is 9.59 Å². The predicted octanol–water partition coefficient (Wildman–Crippen LogP) is 2.51. The van der Waals surface area contributed by atoms with Gasteiger partial charge in [0.15, 0.2) is 0 Å². The van der Waals surface area contributed by atoms with Gasteiger partial charge in [0.25, 0.3) is 0 Å². The molecule has 0 aliphatic rings. The molecule has 0 saturated carbocycles. The number of benzene rings is 1. The SMILES string of the molecule is CC(=O)Nc1ccc(SCC(=O)NCC(C)C)cc1. The maximum atomic E-state index is 11.5. The summed E-state index contributed by atoms with van der Waals surface area (Å²) in [7, 11) is 0. The van der Waals surface area contributed by atoms with Crippen molar-refractivity contribution in [2.45, 2.75) is 25.7 Å². The van der Waals surface area contributed by atoms with Crippen molar-refractivity contribution in [1.82, 2.24) is 5.32 Å². The van der Waals surface area contributed by atoms with E-state index in [0.717, 1.165) is 10.6 Å². The molecule has 0 aliphatic carbocycles. The molecule has 104 valence electrons. The van der Waals surface area contributed by atoms with E-state index in [4.69, 9.17) is 0 Å². The van der Waals surface area contributed by atoms with Crippen LogP contribution in [0.15, 0.2) is 29.2 Å². The zero-order valence-electron chi connectivity index (χ0n) is 11.5. The number of hydrogen-bond donors (Lipinski definition) is 2. The third-order valence-corrected chi connectivity index (χ3v) is 3.26. The largest absolute Gasteiger partial charge is 0.355 e. The van der Waals surface area contributed by atoms with Crippen LogP contribution in [0.2, 0.25) is 0 Å². The molecule has 0 aromatic heterocycles. The molecule has 0 bridgehead atoms. The van der Waals surface area contributed by atoms with Crippen LogP contribution in [0.3, 0.4) is 0 Å². The van der Waals surface area contributed by atoms with E-state index in [1.54, 1.807) is 0 Å². The monoisotopic (exact) mass is 280 g/mol. The van der Waals surface area contributed by atoms with Crippen LogP contribution in [0.1, 0.15) is 20.8 Å². The molecule has 2 amide bonds. The Bertz CT molecular complexity index is 430. The first-order valence-electron chi connectivity index (χ1n) is 6.24. The van der Waals surface area contributed by atoms with Crippen molar-refractivity contribution in [1.29, 1.82) is 0 Å². The van der Waals surface area contributed by atoms with Gasteiger partial charge >= 0.3 is 0 Å². The minimum absolute atomic E-state index is 0.0460. The summed E-state index contributed by atoms with van der Waals surface area (Å²) in [5, 5.41) is 5.58. The van der Waals surface area contributed by atoms with Crippen molar-refractivity contribution in [2.75, 3.05) is 17.6 Å². The predicted molar refractivity (Wildman–Crippen MR) is 79.3 cm³/mol. The lowest BCUT2D eigenvalue weighted by Crippen LogP contribution is -2.28. The van der Waals surface area contributed by atoms with Gasteiger partial charge in [0, 0.05) is 24.1 Å². The molecular formula is C14H20N2O2S. The maximum Gasteiger partial charge on any atom is 0.230 e. The fraction of sp³-hybridized carbons (Fsp3) is 0.429. The number of carbonyl (C=O) groups is 2. The van der Waals surface area contributed by atoms with Crippen molar-refractivity contribution in [3.8, 4) is 0 Å². The molecule has 0 spiro atoms. The summed E-state index contributed by atoms with van der Waals surface area (Å²) in [5.41, 5.74) is 0.765. The Morgan fingerprint density at radius 3 is 2.37 bits per heavy atom. The first-order chi connectivity index (χ1) is 8.97. The van der Waals surface area contributed by atoms with Gasteiger partial charge < -0.3 is 10.6 Å². The van der Waals surface area contributed by atoms with Crippen LogP contribution >= 0.6 is 11.8 Å². The minimum atomic E-state index is -0.0894. The van der Waals surface area contributed by atoms with E-state index in [1.165, 1.54) is 18.7 Å². The van der Waals surface area contributed by atoms with Gasteiger partial charge in [0.1, 0.15) is 0 Å². The highest BCUT2D eigenvalue weighted by atomic mass is 32.2. The number of carbonyl (C=O) groups excluding carboxylic acids is 2. The maximum absolute atomic E-state index is 11.5. The number of nitrogens with one attached hydrogen (secondary N) is 2. The molecule has 1 aromatic carbocycles. The molecule has 0 atom stereocenters. The highest BCUT2D eigenvalue weighted by Gasteiger charge is 2.04. The molecule has 2 N–H and O–H groups in total. The van der Waals surface area contributed by atoms with E-state index < -0.39 is 0 Å². The average Bonchev–Trinajstić information content (AvgIpc) is 2.35. The zero-order chi connectivity index (χ0) is 14.3. The van der Waals surface area contributed by atoms with E-state index in [-0.39, 0.29) is 11.8 Å². The van der Waals surface area contributed by atoms with Crippen LogP contribution < -0.4 is 10.6 Å². The van der Waals surface area contributed by atoms with E-state index in [2.05, 4.69) is 24.5 Å². The highest BCUT2D eigenvalue weighted by molar-refractivity contribution is 8.00. The summed E-state index contributed by atoms with van der Waals surface area (Å²) in [6.45, 7) is 6.31. The third-order valence-electron chi connectivity index (χ3n) is 2.25. The lowest BCUT2D eigenvalue weighted by atomic mass is 10.2. The number of thioether (sulfide) groups is 1. The Labute approximate surface area is 118 Å². The topological polar surface area (TPSA) is 58.2 Å². The van der Waals surface area contributed by atoms with Gasteiger partial charge in [-0.25, -0.2) is 0 Å². The van der Waals surface area contributed by atoms with Crippen molar-refractivity contribution < 1.29 is 9.59 Å². The fourth-order valence-corrected chi connectivity index (χ4v) is 2.08. The van der Waals surface area contributed by atoms with Gasteiger partial charge in [0.05, 0.1) is 5.75 Å². The molecule has 19 heavy (non-hydrogen) atoms. The van der Waals surface area contributed by atoms with E-state index in [1.807, 2.05) is 24.3 Å². The fourth-order valence-electron chi connectivity index (χ4n) is 1.36. The second kappa shape index (κ2) is 7.84. The van der Waals surface area contributed by atoms with Gasteiger partial charge in [-0.2, -0.15) is 0 Å². The van der Waals surface area contributed by atoms with Gasteiger partial charge in [-0.1, -0.05) is 13.8 Å². The van der Waals surface area contributed by atoms with Crippen LogP contribution in [0.4, 0.5) is 5.69 Å². The highest BCUT2D eigenvalue weighted by Crippen LogP contribution is 2.20. The Morgan fingerprint density at radius 1 is 1.21 bits per heavy atom. The number of amides is 2. The lowest BCUT2D eigenvalue weighted by Gasteiger charge is -2.07. The molecule has 5 heteroatoms. The summed E-state index contributed by atoms with van der Waals surface area (Å²) < 4.78 is 0. The summed E-state index contributed by atoms with van der Waals surface area (Å²) in [4.78, 5) is 23.4. The Morgan fingerprint density at radius 2 is 1.84 bits per heavy atom. The van der Waals surface area contributed by atoms with Crippen LogP contribution in [0, 0.1) is 5.92 Å². The summed E-state index contributed by atoms with van der Waals surface area (Å²) in [6.07, 6.45) is 0. The van der Waals surface area contributed by atoms with Crippen molar-refractivity contribution in [3.63, 3.8) is 0 Å². The lowest BCUT2D eigenvalue weighted by molar-refractivity contribution is -0.118. The molecular weight excluding hydrogens is 260 g/mol. The van der Waals surface area contributed by atoms with Crippen LogP contribution in [-0.4, -0.2) is 24.1 Å². The van der Waals surface area contributed by atoms with E-state index in [0.29, 0.717) is 18.2 Å². The van der Waals surface area contributed by atoms with Crippen molar-refractivity contribution in [3.05, 3.63) is 24.3 Å². The first kappa shape index (κ1) is 15.6. The first-order valence-corrected chi connectivity index (χ1v) is 7.23. The third kappa shape index (κ3) is 6.86. The average molecular weight is 280 g/mol. The molecule has 4 nitrogen and oxygen atoms in total. The molecule has 0 heterocycles. The number of anilines is 1. The standard InChI is InChI=1S/C14H20N2O2S/c1-10(2)8-15-14(18)9-19-13-6-4-12(5-7-13)16-11(3)17/h4-7,10H,8-9H2,1-3H3,(H,15,18)(H,16,17). The quantitative estimate of drug-likeness (QED) is 0.787. The smallest absolute Gasteiger partial charge is 0.230 e. The molecule has 1 aromatic rings. The number of rotatable bonds is 6. The van der Waals surface area contributed by atoms with Crippen molar-refractivity contribution >= 4 is 29.3 Å². The summed E-state index contributed by atoms with van der Waals surface area (Å²) in [6, 6.07) is 7.45. The van der Waals surface area contributed by atoms with Gasteiger partial charge in [-0.05, 0) is 30.2 Å². The molecule has 0 fully saturated rings. The molecule has 0 unspecified atom stereocenters. The summed E-state index contributed by atoms with van der Waals surface area (Å²) in [5.74, 6) is 0.829. The minimum Gasteiger partial charge on any atom is -0.355 e. The normalized spacial score (nSPS) is 10.3. The Hall–Kier alpha value is -1.49. The van der Waals surface area contributed by atoms with Gasteiger partial charge in [0.2, 0.25) is 11.8 Å².